The summed E-state index contributed by atoms with van der Waals surface area (Å²) >= 11 is 0. The number of hydrogen-bond acceptors (Lipinski definition) is 5. The lowest BCUT2D eigenvalue weighted by molar-refractivity contribution is 0.397. The summed E-state index contributed by atoms with van der Waals surface area (Å²) in [7, 11) is 4.05. The molecule has 2 N–H and O–H groups in total. The molecule has 4 aromatic rings. The second-order valence-electron chi connectivity index (χ2n) is 8.08. The highest BCUT2D eigenvalue weighted by atomic mass is 15.1. The van der Waals surface area contributed by atoms with Gasteiger partial charge in [-0.25, -0.2) is 0 Å². The summed E-state index contributed by atoms with van der Waals surface area (Å²) in [6, 6.07) is 14.4. The van der Waals surface area contributed by atoms with E-state index in [4.69, 9.17) is 4.98 Å². The van der Waals surface area contributed by atoms with Gasteiger partial charge in [-0.3, -0.25) is 9.97 Å². The second kappa shape index (κ2) is 9.04. The lowest BCUT2D eigenvalue weighted by Gasteiger charge is -2.16. The quantitative estimate of drug-likeness (QED) is 0.433. The summed E-state index contributed by atoms with van der Waals surface area (Å²) < 4.78 is 0. The monoisotopic (exact) mass is 422 g/mol. The van der Waals surface area contributed by atoms with Crippen molar-refractivity contribution >= 4 is 34.4 Å². The number of hydrogen-bond donors (Lipinski definition) is 2. The highest BCUT2D eigenvalue weighted by Gasteiger charge is 2.13. The van der Waals surface area contributed by atoms with E-state index < -0.39 is 0 Å². The van der Waals surface area contributed by atoms with Crippen molar-refractivity contribution in [2.45, 2.75) is 20.4 Å². The van der Waals surface area contributed by atoms with Gasteiger partial charge in [0.25, 0.3) is 0 Å². The molecule has 0 unspecified atom stereocenters. The molecule has 0 aliphatic carbocycles. The molecule has 0 saturated carbocycles. The van der Waals surface area contributed by atoms with Crippen LogP contribution >= 0.6 is 0 Å². The van der Waals surface area contributed by atoms with E-state index in [1.54, 1.807) is 6.20 Å². The number of fused-ring (bicyclic) bond motifs is 1. The highest BCUT2D eigenvalue weighted by molar-refractivity contribution is 5.90. The van der Waals surface area contributed by atoms with Crippen LogP contribution in [0.4, 0.5) is 11.4 Å². The first-order valence-electron chi connectivity index (χ1n) is 10.5. The molecule has 0 radical (unpaired) electrons. The minimum Gasteiger partial charge on any atom is -0.361 e. The number of aromatic nitrogens is 3. The molecule has 0 saturated heterocycles. The fourth-order valence-electron chi connectivity index (χ4n) is 3.77. The van der Waals surface area contributed by atoms with Gasteiger partial charge in [0.05, 0.1) is 22.6 Å². The number of H-pyrrole nitrogens is 1. The number of nitriles is 1. The second-order valence-corrected chi connectivity index (χ2v) is 8.08. The van der Waals surface area contributed by atoms with E-state index in [1.807, 2.05) is 69.7 Å². The van der Waals surface area contributed by atoms with Crippen LogP contribution in [0.1, 0.15) is 33.8 Å². The molecule has 32 heavy (non-hydrogen) atoms. The van der Waals surface area contributed by atoms with E-state index >= 15 is 0 Å². The number of nitrogens with zero attached hydrogens (tertiary/aromatic N) is 4. The molecule has 3 aromatic heterocycles. The van der Waals surface area contributed by atoms with Gasteiger partial charge in [0, 0.05) is 46.8 Å². The van der Waals surface area contributed by atoms with Crippen LogP contribution in [0.2, 0.25) is 0 Å². The molecule has 0 spiro atoms. The minimum atomic E-state index is 0.498. The standard InChI is InChI=1S/C26H26N6/c1-17-22-12-13-28-25(22)11-10-24(17)31-26-19(14-27)15-29-18(2)23(26)9-8-20-6-5-7-21(30-20)16-32(3)4/h5-13,15,28H,16H2,1-4H3,(H,29,31)/b9-8+. The Hall–Kier alpha value is -3.95. The van der Waals surface area contributed by atoms with Crippen molar-refractivity contribution in [2.75, 3.05) is 19.4 Å². The van der Waals surface area contributed by atoms with Gasteiger partial charge in [-0.15, -0.1) is 0 Å². The van der Waals surface area contributed by atoms with E-state index in [-0.39, 0.29) is 0 Å². The fraction of sp³-hybridized carbons (Fsp3) is 0.192. The Morgan fingerprint density at radius 1 is 1.12 bits per heavy atom. The van der Waals surface area contributed by atoms with Crippen molar-refractivity contribution in [1.29, 1.82) is 5.26 Å². The highest BCUT2D eigenvalue weighted by Crippen LogP contribution is 2.32. The van der Waals surface area contributed by atoms with Crippen molar-refractivity contribution in [3.8, 4) is 6.07 Å². The number of anilines is 2. The van der Waals surface area contributed by atoms with E-state index in [0.29, 0.717) is 5.56 Å². The molecule has 0 amide bonds. The van der Waals surface area contributed by atoms with Crippen molar-refractivity contribution in [2.24, 2.45) is 0 Å². The van der Waals surface area contributed by atoms with Crippen molar-refractivity contribution < 1.29 is 0 Å². The summed E-state index contributed by atoms with van der Waals surface area (Å²) in [5, 5.41) is 14.4. The fourth-order valence-corrected chi connectivity index (χ4v) is 3.77. The summed E-state index contributed by atoms with van der Waals surface area (Å²) in [4.78, 5) is 14.5. The average Bonchev–Trinajstić information content (AvgIpc) is 3.25. The molecule has 6 heteroatoms. The first-order valence-corrected chi connectivity index (χ1v) is 10.5. The van der Waals surface area contributed by atoms with Crippen LogP contribution in [0, 0.1) is 25.2 Å². The van der Waals surface area contributed by atoms with Gasteiger partial charge < -0.3 is 15.2 Å². The molecule has 0 bridgehead atoms. The van der Waals surface area contributed by atoms with Gasteiger partial charge >= 0.3 is 0 Å². The van der Waals surface area contributed by atoms with Gasteiger partial charge in [-0.1, -0.05) is 6.07 Å². The molecule has 4 rings (SSSR count). The molecule has 6 nitrogen and oxygen atoms in total. The first kappa shape index (κ1) is 21.3. The predicted octanol–water partition coefficient (Wildman–Crippen LogP) is 5.42. The number of aromatic amines is 1. The maximum absolute atomic E-state index is 9.75. The van der Waals surface area contributed by atoms with E-state index in [1.165, 1.54) is 0 Å². The minimum absolute atomic E-state index is 0.498. The zero-order valence-corrected chi connectivity index (χ0v) is 18.8. The predicted molar refractivity (Wildman–Crippen MR) is 131 cm³/mol. The summed E-state index contributed by atoms with van der Waals surface area (Å²) in [6.45, 7) is 4.80. The van der Waals surface area contributed by atoms with E-state index in [0.717, 1.165) is 57.0 Å². The lowest BCUT2D eigenvalue weighted by Crippen LogP contribution is -2.11. The van der Waals surface area contributed by atoms with Crippen LogP contribution in [-0.2, 0) is 6.54 Å². The molecular formula is C26H26N6. The average molecular weight is 423 g/mol. The van der Waals surface area contributed by atoms with Crippen LogP contribution in [-0.4, -0.2) is 33.9 Å². The van der Waals surface area contributed by atoms with Gasteiger partial charge in [0.1, 0.15) is 6.07 Å². The van der Waals surface area contributed by atoms with Gasteiger partial charge in [0.15, 0.2) is 0 Å². The zero-order valence-electron chi connectivity index (χ0n) is 18.8. The molecule has 3 heterocycles. The number of pyridine rings is 2. The zero-order chi connectivity index (χ0) is 22.7. The number of nitrogens with one attached hydrogen (secondary N) is 2. The normalized spacial score (nSPS) is 11.4. The molecule has 160 valence electrons. The smallest absolute Gasteiger partial charge is 0.103 e. The largest absolute Gasteiger partial charge is 0.361 e. The Kier molecular flexibility index (Phi) is 6.02. The Morgan fingerprint density at radius 2 is 1.97 bits per heavy atom. The Bertz CT molecular complexity index is 1340. The van der Waals surface area contributed by atoms with Gasteiger partial charge in [-0.05, 0) is 76.0 Å². The summed E-state index contributed by atoms with van der Waals surface area (Å²) in [6.07, 6.45) is 7.51. The van der Waals surface area contributed by atoms with Crippen molar-refractivity contribution in [3.63, 3.8) is 0 Å². The van der Waals surface area contributed by atoms with Crippen LogP contribution in [0.3, 0.4) is 0 Å². The van der Waals surface area contributed by atoms with Crippen LogP contribution in [0.15, 0.2) is 48.8 Å². The Balaban J connectivity index is 1.74. The third-order valence-electron chi connectivity index (χ3n) is 5.43. The van der Waals surface area contributed by atoms with E-state index in [2.05, 4.69) is 39.2 Å². The SMILES string of the molecule is Cc1ncc(C#N)c(Nc2ccc3[nH]ccc3c2C)c1/C=C/c1cccc(CN(C)C)n1. The summed E-state index contributed by atoms with van der Waals surface area (Å²) in [5.74, 6) is 0. The maximum Gasteiger partial charge on any atom is 0.103 e. The Labute approximate surface area is 188 Å². The molecule has 0 aliphatic rings. The topological polar surface area (TPSA) is 80.6 Å². The number of benzene rings is 1. The molecule has 0 fully saturated rings. The molecule has 0 aliphatic heterocycles. The number of rotatable bonds is 6. The van der Waals surface area contributed by atoms with Crippen molar-refractivity contribution in [3.05, 3.63) is 82.6 Å². The molecule has 0 atom stereocenters. The summed E-state index contributed by atoms with van der Waals surface area (Å²) in [5.41, 5.74) is 7.99. The maximum atomic E-state index is 9.75. The van der Waals surface area contributed by atoms with Crippen LogP contribution < -0.4 is 5.32 Å². The third kappa shape index (κ3) is 4.39. The van der Waals surface area contributed by atoms with Crippen LogP contribution in [0.5, 0.6) is 0 Å². The molecular weight excluding hydrogens is 396 g/mol. The van der Waals surface area contributed by atoms with Gasteiger partial charge in [-0.2, -0.15) is 5.26 Å². The number of aryl methyl sites for hydroxylation is 2. The first-order chi connectivity index (χ1) is 15.5. The van der Waals surface area contributed by atoms with E-state index in [9.17, 15) is 5.26 Å². The third-order valence-corrected chi connectivity index (χ3v) is 5.43. The lowest BCUT2D eigenvalue weighted by atomic mass is 10.0. The van der Waals surface area contributed by atoms with Gasteiger partial charge in [0.2, 0.25) is 0 Å². The van der Waals surface area contributed by atoms with Crippen LogP contribution in [0.25, 0.3) is 23.1 Å². The Morgan fingerprint density at radius 3 is 2.75 bits per heavy atom. The van der Waals surface area contributed by atoms with Crippen molar-refractivity contribution in [1.82, 2.24) is 19.9 Å². The molecule has 1 aromatic carbocycles.